The van der Waals surface area contributed by atoms with Crippen molar-refractivity contribution in [3.8, 4) is 0 Å². The van der Waals surface area contributed by atoms with Crippen LogP contribution in [0.4, 0.5) is 0 Å². The van der Waals surface area contributed by atoms with Crippen LogP contribution in [-0.2, 0) is 9.59 Å². The number of nitrogens with zero attached hydrogens (tertiary/aromatic N) is 2. The van der Waals surface area contributed by atoms with Gasteiger partial charge in [-0.15, -0.1) is 0 Å². The first-order valence-electron chi connectivity index (χ1n) is 6.78. The van der Waals surface area contributed by atoms with Crippen molar-refractivity contribution in [2.45, 2.75) is 64.5 Å². The lowest BCUT2D eigenvalue weighted by Crippen LogP contribution is -2.42. The van der Waals surface area contributed by atoms with E-state index in [-0.39, 0.29) is 23.9 Å². The van der Waals surface area contributed by atoms with E-state index in [4.69, 9.17) is 0 Å². The van der Waals surface area contributed by atoms with Gasteiger partial charge in [0.25, 0.3) is 0 Å². The Labute approximate surface area is 103 Å². The topological polar surface area (TPSA) is 40.6 Å². The zero-order valence-electron chi connectivity index (χ0n) is 10.8. The summed E-state index contributed by atoms with van der Waals surface area (Å²) >= 11 is 0. The molecule has 2 atom stereocenters. The summed E-state index contributed by atoms with van der Waals surface area (Å²) in [6, 6.07) is 0.568. The molecule has 0 unspecified atom stereocenters. The van der Waals surface area contributed by atoms with Crippen LogP contribution in [0.3, 0.4) is 0 Å². The van der Waals surface area contributed by atoms with Crippen LogP contribution in [0.1, 0.15) is 52.4 Å². The molecule has 1 saturated carbocycles. The molecule has 1 heterocycles. The van der Waals surface area contributed by atoms with Crippen LogP contribution in [0.5, 0.6) is 0 Å². The number of amides is 2. The van der Waals surface area contributed by atoms with E-state index in [0.717, 1.165) is 12.8 Å². The zero-order chi connectivity index (χ0) is 12.4. The quantitative estimate of drug-likeness (QED) is 0.735. The summed E-state index contributed by atoms with van der Waals surface area (Å²) in [7, 11) is 0. The predicted octanol–water partition coefficient (Wildman–Crippen LogP) is 1.75. The third kappa shape index (κ3) is 2.17. The predicted molar refractivity (Wildman–Crippen MR) is 65.2 cm³/mol. The minimum absolute atomic E-state index is 0.188. The van der Waals surface area contributed by atoms with Gasteiger partial charge in [-0.3, -0.25) is 9.59 Å². The first-order valence-corrected chi connectivity index (χ1v) is 6.78. The fourth-order valence-electron chi connectivity index (χ4n) is 3.13. The molecule has 4 heteroatoms. The van der Waals surface area contributed by atoms with Gasteiger partial charge in [0.1, 0.15) is 0 Å². The van der Waals surface area contributed by atoms with E-state index in [0.29, 0.717) is 19.5 Å². The SMILES string of the molecule is CCC(=O)N1CN(C(=O)CC)[C@H]2CCCC[C@@H]21. The van der Waals surface area contributed by atoms with E-state index in [1.807, 2.05) is 23.6 Å². The Morgan fingerprint density at radius 2 is 1.35 bits per heavy atom. The lowest BCUT2D eigenvalue weighted by atomic mass is 9.90. The van der Waals surface area contributed by atoms with Crippen LogP contribution >= 0.6 is 0 Å². The summed E-state index contributed by atoms with van der Waals surface area (Å²) in [5.41, 5.74) is 0. The summed E-state index contributed by atoms with van der Waals surface area (Å²) in [6.07, 6.45) is 5.56. The van der Waals surface area contributed by atoms with Crippen LogP contribution < -0.4 is 0 Å². The molecule has 0 radical (unpaired) electrons. The minimum Gasteiger partial charge on any atom is -0.320 e. The molecule has 4 nitrogen and oxygen atoms in total. The van der Waals surface area contributed by atoms with Gasteiger partial charge in [0, 0.05) is 12.8 Å². The van der Waals surface area contributed by atoms with E-state index in [1.54, 1.807) is 0 Å². The van der Waals surface area contributed by atoms with Crippen LogP contribution in [-0.4, -0.2) is 40.4 Å². The highest BCUT2D eigenvalue weighted by Crippen LogP contribution is 2.33. The molecule has 0 N–H and O–H groups in total. The minimum atomic E-state index is 0.188. The van der Waals surface area contributed by atoms with E-state index in [1.165, 1.54) is 12.8 Å². The van der Waals surface area contributed by atoms with Crippen molar-refractivity contribution >= 4 is 11.8 Å². The van der Waals surface area contributed by atoms with Crippen molar-refractivity contribution in [1.29, 1.82) is 0 Å². The van der Waals surface area contributed by atoms with Crippen LogP contribution in [0, 0.1) is 0 Å². The Hall–Kier alpha value is -1.06. The van der Waals surface area contributed by atoms with E-state index < -0.39 is 0 Å². The first-order chi connectivity index (χ1) is 8.19. The Morgan fingerprint density at radius 1 is 0.941 bits per heavy atom. The van der Waals surface area contributed by atoms with Gasteiger partial charge in [-0.05, 0) is 12.8 Å². The van der Waals surface area contributed by atoms with Gasteiger partial charge < -0.3 is 9.80 Å². The van der Waals surface area contributed by atoms with Crippen molar-refractivity contribution in [3.05, 3.63) is 0 Å². The summed E-state index contributed by atoms with van der Waals surface area (Å²) in [5.74, 6) is 0.376. The van der Waals surface area contributed by atoms with E-state index >= 15 is 0 Å². The largest absolute Gasteiger partial charge is 0.320 e. The molecule has 1 saturated heterocycles. The summed E-state index contributed by atoms with van der Waals surface area (Å²) in [4.78, 5) is 27.7. The molecule has 2 rings (SSSR count). The van der Waals surface area contributed by atoms with Crippen molar-refractivity contribution in [2.24, 2.45) is 0 Å². The van der Waals surface area contributed by atoms with E-state index in [2.05, 4.69) is 0 Å². The molecule has 2 aliphatic rings. The second kappa shape index (κ2) is 5.07. The maximum atomic E-state index is 11.9. The van der Waals surface area contributed by atoms with Crippen molar-refractivity contribution < 1.29 is 9.59 Å². The molecule has 0 aromatic carbocycles. The Balaban J connectivity index is 2.16. The molecule has 2 amide bonds. The monoisotopic (exact) mass is 238 g/mol. The van der Waals surface area contributed by atoms with Gasteiger partial charge in [-0.1, -0.05) is 26.7 Å². The highest BCUT2D eigenvalue weighted by Gasteiger charge is 2.44. The van der Waals surface area contributed by atoms with Crippen molar-refractivity contribution in [3.63, 3.8) is 0 Å². The molecule has 1 aliphatic heterocycles. The maximum absolute atomic E-state index is 11.9. The van der Waals surface area contributed by atoms with Gasteiger partial charge in [-0.25, -0.2) is 0 Å². The van der Waals surface area contributed by atoms with E-state index in [9.17, 15) is 9.59 Å². The molecule has 0 aromatic rings. The fraction of sp³-hybridized carbons (Fsp3) is 0.846. The third-order valence-corrected chi connectivity index (χ3v) is 4.04. The smallest absolute Gasteiger partial charge is 0.224 e. The number of hydrogen-bond donors (Lipinski definition) is 0. The van der Waals surface area contributed by atoms with Gasteiger partial charge in [0.2, 0.25) is 11.8 Å². The first kappa shape index (κ1) is 12.4. The molecule has 0 spiro atoms. The standard InChI is InChI=1S/C13H22N2O2/c1-3-12(16)14-9-15(13(17)4-2)11-8-6-5-7-10(11)14/h10-11H,3-9H2,1-2H3/t10-,11-/m0/s1. The lowest BCUT2D eigenvalue weighted by Gasteiger charge is -2.31. The second-order valence-electron chi connectivity index (χ2n) is 4.99. The maximum Gasteiger partial charge on any atom is 0.224 e. The van der Waals surface area contributed by atoms with Crippen LogP contribution in [0.15, 0.2) is 0 Å². The van der Waals surface area contributed by atoms with Crippen LogP contribution in [0.25, 0.3) is 0 Å². The zero-order valence-corrected chi connectivity index (χ0v) is 10.8. The lowest BCUT2D eigenvalue weighted by molar-refractivity contribution is -0.134. The molecule has 1 aliphatic carbocycles. The number of rotatable bonds is 2. The third-order valence-electron chi connectivity index (χ3n) is 4.04. The van der Waals surface area contributed by atoms with Gasteiger partial charge in [0.15, 0.2) is 0 Å². The molecular formula is C13H22N2O2. The second-order valence-corrected chi connectivity index (χ2v) is 4.99. The van der Waals surface area contributed by atoms with Crippen molar-refractivity contribution in [2.75, 3.05) is 6.67 Å². The molecule has 96 valence electrons. The number of fused-ring (bicyclic) bond motifs is 1. The van der Waals surface area contributed by atoms with Gasteiger partial charge >= 0.3 is 0 Å². The number of carbonyl (C=O) groups is 2. The normalized spacial score (nSPS) is 28.1. The molecule has 0 aromatic heterocycles. The Morgan fingerprint density at radius 3 is 1.71 bits per heavy atom. The average molecular weight is 238 g/mol. The Kier molecular flexibility index (Phi) is 3.69. The molecule has 2 fully saturated rings. The van der Waals surface area contributed by atoms with Gasteiger partial charge in [0.05, 0.1) is 18.8 Å². The summed E-state index contributed by atoms with van der Waals surface area (Å²) < 4.78 is 0. The summed E-state index contributed by atoms with van der Waals surface area (Å²) in [5, 5.41) is 0. The number of carbonyl (C=O) groups excluding carboxylic acids is 2. The molecule has 17 heavy (non-hydrogen) atoms. The highest BCUT2D eigenvalue weighted by atomic mass is 16.2. The Bertz CT molecular complexity index is 287. The molecular weight excluding hydrogens is 216 g/mol. The summed E-state index contributed by atoms with van der Waals surface area (Å²) in [6.45, 7) is 4.31. The van der Waals surface area contributed by atoms with Crippen LogP contribution in [0.2, 0.25) is 0 Å². The number of hydrogen-bond acceptors (Lipinski definition) is 2. The highest BCUT2D eigenvalue weighted by molar-refractivity contribution is 5.80. The average Bonchev–Trinajstić information content (AvgIpc) is 2.76. The van der Waals surface area contributed by atoms with Gasteiger partial charge in [-0.2, -0.15) is 0 Å². The molecule has 0 bridgehead atoms. The van der Waals surface area contributed by atoms with Crippen molar-refractivity contribution in [1.82, 2.24) is 9.80 Å². The fourth-order valence-corrected chi connectivity index (χ4v) is 3.13.